The van der Waals surface area contributed by atoms with Crippen molar-refractivity contribution >= 4 is 11.6 Å². The Morgan fingerprint density at radius 2 is 2.12 bits per heavy atom. The minimum Gasteiger partial charge on any atom is -0.388 e. The molecule has 0 fully saturated rings. The molecule has 0 aromatic carbocycles. The molecule has 0 amide bonds. The third-order valence-electron chi connectivity index (χ3n) is 2.10. The summed E-state index contributed by atoms with van der Waals surface area (Å²) in [6.07, 6.45) is -3.35. The van der Waals surface area contributed by atoms with Crippen molar-refractivity contribution in [2.24, 2.45) is 0 Å². The van der Waals surface area contributed by atoms with Crippen LogP contribution in [0.5, 0.6) is 0 Å². The quantitative estimate of drug-likeness (QED) is 0.891. The lowest BCUT2D eigenvalue weighted by molar-refractivity contribution is -0.136. The Balaban J connectivity index is 2.47. The van der Waals surface area contributed by atoms with Crippen molar-refractivity contribution < 1.29 is 18.3 Å². The molecular weight excluding hydrogens is 243 g/mol. The fourth-order valence-corrected chi connectivity index (χ4v) is 1.55. The average molecular weight is 254 g/mol. The van der Waals surface area contributed by atoms with Crippen LogP contribution < -0.4 is 0 Å². The van der Waals surface area contributed by atoms with Gasteiger partial charge < -0.3 is 5.11 Å². The molecule has 0 aliphatic rings. The van der Waals surface area contributed by atoms with Gasteiger partial charge in [-0.25, -0.2) is 0 Å². The zero-order valence-electron chi connectivity index (χ0n) is 8.34. The number of hydrogen-bond donors (Lipinski definition) is 1. The lowest BCUT2D eigenvalue weighted by Crippen LogP contribution is -2.08. The SMILES string of the molecule is OC(CCCC(F)(F)F)c1ccncc1Cl. The summed E-state index contributed by atoms with van der Waals surface area (Å²) >= 11 is 5.74. The first-order chi connectivity index (χ1) is 7.40. The number of hydrogen-bond acceptors (Lipinski definition) is 2. The minimum atomic E-state index is -4.18. The van der Waals surface area contributed by atoms with E-state index >= 15 is 0 Å². The molecule has 0 saturated carbocycles. The molecule has 1 aromatic heterocycles. The second-order valence-electron chi connectivity index (χ2n) is 3.42. The van der Waals surface area contributed by atoms with Crippen LogP contribution in [0.25, 0.3) is 0 Å². The van der Waals surface area contributed by atoms with Crippen molar-refractivity contribution in [3.8, 4) is 0 Å². The molecule has 0 saturated heterocycles. The van der Waals surface area contributed by atoms with Gasteiger partial charge in [0.1, 0.15) is 0 Å². The first-order valence-corrected chi connectivity index (χ1v) is 5.12. The molecule has 1 heterocycles. The van der Waals surface area contributed by atoms with Gasteiger partial charge in [-0.2, -0.15) is 13.2 Å². The molecule has 1 atom stereocenters. The largest absolute Gasteiger partial charge is 0.389 e. The van der Waals surface area contributed by atoms with Crippen molar-refractivity contribution in [2.75, 3.05) is 0 Å². The van der Waals surface area contributed by atoms with Crippen LogP contribution in [0.1, 0.15) is 30.9 Å². The molecule has 0 bridgehead atoms. The summed E-state index contributed by atoms with van der Waals surface area (Å²) in [5.41, 5.74) is 0.416. The van der Waals surface area contributed by atoms with Crippen LogP contribution in [0.15, 0.2) is 18.5 Å². The van der Waals surface area contributed by atoms with Gasteiger partial charge in [-0.1, -0.05) is 11.6 Å². The van der Waals surface area contributed by atoms with Crippen LogP contribution in [0.4, 0.5) is 13.2 Å². The van der Waals surface area contributed by atoms with E-state index in [4.69, 9.17) is 11.6 Å². The van der Waals surface area contributed by atoms with E-state index in [1.165, 1.54) is 18.5 Å². The van der Waals surface area contributed by atoms with Crippen molar-refractivity contribution in [3.05, 3.63) is 29.0 Å². The highest BCUT2D eigenvalue weighted by atomic mass is 35.5. The van der Waals surface area contributed by atoms with Crippen molar-refractivity contribution in [1.29, 1.82) is 0 Å². The molecule has 0 aliphatic carbocycles. The number of rotatable bonds is 4. The van der Waals surface area contributed by atoms with Crippen molar-refractivity contribution in [3.63, 3.8) is 0 Å². The first-order valence-electron chi connectivity index (χ1n) is 4.74. The number of aliphatic hydroxyl groups is 1. The van der Waals surface area contributed by atoms with Crippen LogP contribution in [0, 0.1) is 0 Å². The van der Waals surface area contributed by atoms with E-state index in [2.05, 4.69) is 4.98 Å². The molecule has 16 heavy (non-hydrogen) atoms. The van der Waals surface area contributed by atoms with E-state index < -0.39 is 18.7 Å². The molecule has 2 nitrogen and oxygen atoms in total. The molecule has 0 radical (unpaired) electrons. The predicted octanol–water partition coefficient (Wildman–Crippen LogP) is 3.50. The zero-order valence-corrected chi connectivity index (χ0v) is 9.09. The standard InChI is InChI=1S/C10H11ClF3NO/c11-8-6-15-5-3-7(8)9(16)2-1-4-10(12,13)14/h3,5-6,9,16H,1-2,4H2. The molecular formula is C10H11ClF3NO. The van der Waals surface area contributed by atoms with Crippen molar-refractivity contribution in [2.45, 2.75) is 31.5 Å². The third-order valence-corrected chi connectivity index (χ3v) is 2.42. The van der Waals surface area contributed by atoms with Gasteiger partial charge in [-0.15, -0.1) is 0 Å². The summed E-state index contributed by atoms with van der Waals surface area (Å²) in [5, 5.41) is 9.88. The van der Waals surface area contributed by atoms with Gasteiger partial charge >= 0.3 is 6.18 Å². The summed E-state index contributed by atoms with van der Waals surface area (Å²) in [6.45, 7) is 0. The summed E-state index contributed by atoms with van der Waals surface area (Å²) in [6, 6.07) is 1.50. The maximum atomic E-state index is 11.9. The molecule has 1 unspecified atom stereocenters. The maximum Gasteiger partial charge on any atom is 0.389 e. The number of halogens is 4. The summed E-state index contributed by atoms with van der Waals surface area (Å²) in [5.74, 6) is 0. The zero-order chi connectivity index (χ0) is 12.2. The van der Waals surface area contributed by atoms with Gasteiger partial charge in [-0.3, -0.25) is 4.98 Å². The lowest BCUT2D eigenvalue weighted by Gasteiger charge is -2.12. The van der Waals surface area contributed by atoms with Crippen LogP contribution in [0.3, 0.4) is 0 Å². The van der Waals surface area contributed by atoms with Gasteiger partial charge in [0.2, 0.25) is 0 Å². The van der Waals surface area contributed by atoms with E-state index in [1.54, 1.807) is 0 Å². The Morgan fingerprint density at radius 1 is 1.44 bits per heavy atom. The van der Waals surface area contributed by atoms with Crippen LogP contribution in [-0.2, 0) is 0 Å². The lowest BCUT2D eigenvalue weighted by atomic mass is 10.1. The Morgan fingerprint density at radius 3 is 2.69 bits per heavy atom. The molecule has 0 aliphatic heterocycles. The molecule has 0 spiro atoms. The van der Waals surface area contributed by atoms with Gasteiger partial charge in [-0.05, 0) is 18.9 Å². The Bertz CT molecular complexity index is 343. The Hall–Kier alpha value is -0.810. The average Bonchev–Trinajstić information content (AvgIpc) is 2.16. The smallest absolute Gasteiger partial charge is 0.388 e. The third kappa shape index (κ3) is 4.37. The highest BCUT2D eigenvalue weighted by Crippen LogP contribution is 2.28. The van der Waals surface area contributed by atoms with Crippen molar-refractivity contribution in [1.82, 2.24) is 4.98 Å². The fraction of sp³-hybridized carbons (Fsp3) is 0.500. The number of pyridine rings is 1. The van der Waals surface area contributed by atoms with Gasteiger partial charge in [0.05, 0.1) is 11.1 Å². The second kappa shape index (κ2) is 5.50. The summed E-state index contributed by atoms with van der Waals surface area (Å²) in [7, 11) is 0. The normalized spacial score (nSPS) is 13.8. The van der Waals surface area contributed by atoms with Gasteiger partial charge in [0, 0.05) is 24.4 Å². The Kier molecular flexibility index (Phi) is 4.56. The number of alkyl halides is 3. The Labute approximate surface area is 96.1 Å². The highest BCUT2D eigenvalue weighted by molar-refractivity contribution is 6.31. The number of aliphatic hydroxyl groups excluding tert-OH is 1. The van der Waals surface area contributed by atoms with E-state index in [-0.39, 0.29) is 17.9 Å². The fourth-order valence-electron chi connectivity index (χ4n) is 1.31. The van der Waals surface area contributed by atoms with E-state index in [0.29, 0.717) is 5.56 Å². The number of aromatic nitrogens is 1. The minimum absolute atomic E-state index is 0.0310. The van der Waals surface area contributed by atoms with Gasteiger partial charge in [0.25, 0.3) is 0 Å². The van der Waals surface area contributed by atoms with E-state index in [1.807, 2.05) is 0 Å². The monoisotopic (exact) mass is 253 g/mol. The van der Waals surface area contributed by atoms with E-state index in [0.717, 1.165) is 0 Å². The van der Waals surface area contributed by atoms with Crippen LogP contribution in [0.2, 0.25) is 5.02 Å². The summed E-state index contributed by atoms with van der Waals surface area (Å²) in [4.78, 5) is 3.72. The highest BCUT2D eigenvalue weighted by Gasteiger charge is 2.26. The van der Waals surface area contributed by atoms with Crippen LogP contribution in [-0.4, -0.2) is 16.3 Å². The van der Waals surface area contributed by atoms with Gasteiger partial charge in [0.15, 0.2) is 0 Å². The van der Waals surface area contributed by atoms with Crippen LogP contribution >= 0.6 is 11.6 Å². The maximum absolute atomic E-state index is 11.9. The molecule has 6 heteroatoms. The second-order valence-corrected chi connectivity index (χ2v) is 3.83. The molecule has 1 N–H and O–H groups in total. The van der Waals surface area contributed by atoms with E-state index in [9.17, 15) is 18.3 Å². The predicted molar refractivity (Wildman–Crippen MR) is 54.1 cm³/mol. The molecule has 1 rings (SSSR count). The topological polar surface area (TPSA) is 33.1 Å². The summed E-state index contributed by atoms with van der Waals surface area (Å²) < 4.78 is 35.6. The molecule has 1 aromatic rings. The molecule has 90 valence electrons. The first kappa shape index (κ1) is 13.3. The number of nitrogens with zero attached hydrogens (tertiary/aromatic N) is 1.